The molecule has 0 bridgehead atoms. The first-order valence-electron chi connectivity index (χ1n) is 6.27. The van der Waals surface area contributed by atoms with Crippen molar-refractivity contribution in [1.82, 2.24) is 5.32 Å². The van der Waals surface area contributed by atoms with E-state index in [1.165, 1.54) is 0 Å². The second kappa shape index (κ2) is 6.66. The number of rotatable bonds is 5. The number of ether oxygens (including phenoxy) is 2. The lowest BCUT2D eigenvalue weighted by molar-refractivity contribution is 0.171. The van der Waals surface area contributed by atoms with Gasteiger partial charge in [0.05, 0.1) is 5.02 Å². The molecule has 0 spiro atoms. The van der Waals surface area contributed by atoms with Crippen LogP contribution in [0, 0.1) is 0 Å². The Labute approximate surface area is 113 Å². The summed E-state index contributed by atoms with van der Waals surface area (Å²) in [6.07, 6.45) is 5.26. The van der Waals surface area contributed by atoms with Gasteiger partial charge in [0.25, 0.3) is 0 Å². The molecule has 1 N–H and O–H groups in total. The number of hydrogen-bond acceptors (Lipinski definition) is 3. The van der Waals surface area contributed by atoms with Gasteiger partial charge in [0.1, 0.15) is 13.2 Å². The van der Waals surface area contributed by atoms with Crippen LogP contribution in [0.15, 0.2) is 18.2 Å². The Kier molecular flexibility index (Phi) is 4.90. The molecule has 0 fully saturated rings. The van der Waals surface area contributed by atoms with E-state index >= 15 is 0 Å². The van der Waals surface area contributed by atoms with Crippen LogP contribution in [-0.2, 0) is 0 Å². The molecule has 1 aromatic carbocycles. The predicted octanol–water partition coefficient (Wildman–Crippen LogP) is 3.12. The molecule has 2 rings (SSSR count). The number of halogens is 1. The van der Waals surface area contributed by atoms with E-state index in [0.717, 1.165) is 30.8 Å². The minimum Gasteiger partial charge on any atom is -0.486 e. The zero-order valence-corrected chi connectivity index (χ0v) is 11.3. The lowest BCUT2D eigenvalue weighted by Gasteiger charge is -2.19. The molecule has 1 heterocycles. The number of nitrogens with one attached hydrogen (secondary N) is 1. The molecular formula is C14H18ClNO2. The summed E-state index contributed by atoms with van der Waals surface area (Å²) in [6.45, 7) is 5.18. The topological polar surface area (TPSA) is 30.5 Å². The Morgan fingerprint density at radius 3 is 3.00 bits per heavy atom. The number of benzene rings is 1. The summed E-state index contributed by atoms with van der Waals surface area (Å²) in [4.78, 5) is 0. The van der Waals surface area contributed by atoms with Crippen LogP contribution >= 0.6 is 11.6 Å². The Morgan fingerprint density at radius 2 is 2.17 bits per heavy atom. The average Bonchev–Trinajstić information content (AvgIpc) is 2.39. The molecule has 0 aromatic heterocycles. The minimum atomic E-state index is 0.558. The summed E-state index contributed by atoms with van der Waals surface area (Å²) < 4.78 is 11.0. The maximum absolute atomic E-state index is 6.16. The van der Waals surface area contributed by atoms with E-state index in [9.17, 15) is 0 Å². The van der Waals surface area contributed by atoms with Crippen molar-refractivity contribution >= 4 is 17.7 Å². The average molecular weight is 268 g/mol. The van der Waals surface area contributed by atoms with Crippen LogP contribution in [0.1, 0.15) is 18.9 Å². The standard InChI is InChI=1S/C14H18ClNO2/c1-2-5-16-6-3-4-11-9-12(15)14-13(10-11)17-7-8-18-14/h3-4,9-10,16H,2,5-8H2,1H3. The van der Waals surface area contributed by atoms with Crippen LogP contribution in [0.25, 0.3) is 6.08 Å². The zero-order valence-electron chi connectivity index (χ0n) is 10.5. The van der Waals surface area contributed by atoms with Crippen molar-refractivity contribution in [2.45, 2.75) is 13.3 Å². The highest BCUT2D eigenvalue weighted by molar-refractivity contribution is 6.32. The fourth-order valence-corrected chi connectivity index (χ4v) is 2.06. The molecule has 0 atom stereocenters. The monoisotopic (exact) mass is 267 g/mol. The molecule has 0 aliphatic carbocycles. The molecule has 0 saturated heterocycles. The second-order valence-electron chi connectivity index (χ2n) is 4.13. The van der Waals surface area contributed by atoms with Crippen LogP contribution in [0.2, 0.25) is 5.02 Å². The van der Waals surface area contributed by atoms with Crippen LogP contribution in [0.3, 0.4) is 0 Å². The van der Waals surface area contributed by atoms with Gasteiger partial charge in [0.15, 0.2) is 11.5 Å². The van der Waals surface area contributed by atoms with Crippen molar-refractivity contribution in [2.75, 3.05) is 26.3 Å². The van der Waals surface area contributed by atoms with Crippen molar-refractivity contribution in [2.24, 2.45) is 0 Å². The van der Waals surface area contributed by atoms with Crippen LogP contribution in [0.5, 0.6) is 11.5 Å². The Hall–Kier alpha value is -1.19. The maximum Gasteiger partial charge on any atom is 0.179 e. The molecule has 0 saturated carbocycles. The molecule has 1 aromatic rings. The summed E-state index contributed by atoms with van der Waals surface area (Å²) in [5.41, 5.74) is 1.03. The highest BCUT2D eigenvalue weighted by atomic mass is 35.5. The Balaban J connectivity index is 2.03. The third kappa shape index (κ3) is 3.40. The Bertz CT molecular complexity index is 432. The van der Waals surface area contributed by atoms with E-state index in [1.54, 1.807) is 0 Å². The van der Waals surface area contributed by atoms with Gasteiger partial charge in [-0.15, -0.1) is 0 Å². The summed E-state index contributed by atoms with van der Waals surface area (Å²) in [6, 6.07) is 3.85. The van der Waals surface area contributed by atoms with Crippen molar-refractivity contribution < 1.29 is 9.47 Å². The normalized spacial score (nSPS) is 14.1. The van der Waals surface area contributed by atoms with Crippen LogP contribution in [0.4, 0.5) is 0 Å². The van der Waals surface area contributed by atoms with Crippen molar-refractivity contribution in [3.05, 3.63) is 28.8 Å². The predicted molar refractivity (Wildman–Crippen MR) is 74.6 cm³/mol. The highest BCUT2D eigenvalue weighted by Gasteiger charge is 2.15. The third-order valence-electron chi connectivity index (χ3n) is 2.62. The molecule has 0 unspecified atom stereocenters. The summed E-state index contributed by atoms with van der Waals surface area (Å²) in [5, 5.41) is 3.91. The van der Waals surface area contributed by atoms with Crippen molar-refractivity contribution in [3.8, 4) is 11.5 Å². The first-order chi connectivity index (χ1) is 8.81. The van der Waals surface area contributed by atoms with Gasteiger partial charge in [-0.2, -0.15) is 0 Å². The molecule has 1 aliphatic heterocycles. The van der Waals surface area contributed by atoms with Gasteiger partial charge >= 0.3 is 0 Å². The number of fused-ring (bicyclic) bond motifs is 1. The molecule has 98 valence electrons. The van der Waals surface area contributed by atoms with Gasteiger partial charge < -0.3 is 14.8 Å². The second-order valence-corrected chi connectivity index (χ2v) is 4.54. The van der Waals surface area contributed by atoms with Gasteiger partial charge in [0, 0.05) is 6.54 Å². The molecule has 4 heteroatoms. The third-order valence-corrected chi connectivity index (χ3v) is 2.90. The fourth-order valence-electron chi connectivity index (χ4n) is 1.78. The van der Waals surface area contributed by atoms with E-state index in [1.807, 2.05) is 18.2 Å². The summed E-state index contributed by atoms with van der Waals surface area (Å²) in [5.74, 6) is 1.39. The smallest absolute Gasteiger partial charge is 0.179 e. The first kappa shape index (κ1) is 13.2. The van der Waals surface area contributed by atoms with E-state index < -0.39 is 0 Å². The molecule has 18 heavy (non-hydrogen) atoms. The fraction of sp³-hybridized carbons (Fsp3) is 0.429. The molecule has 0 radical (unpaired) electrons. The van der Waals surface area contributed by atoms with Gasteiger partial charge in [-0.25, -0.2) is 0 Å². The summed E-state index contributed by atoms with van der Waals surface area (Å²) >= 11 is 6.16. The maximum atomic E-state index is 6.16. The van der Waals surface area contributed by atoms with Gasteiger partial charge in [0.2, 0.25) is 0 Å². The minimum absolute atomic E-state index is 0.558. The van der Waals surface area contributed by atoms with Crippen LogP contribution < -0.4 is 14.8 Å². The molecule has 1 aliphatic rings. The highest BCUT2D eigenvalue weighted by Crippen LogP contribution is 2.38. The van der Waals surface area contributed by atoms with E-state index in [0.29, 0.717) is 24.0 Å². The van der Waals surface area contributed by atoms with Crippen molar-refractivity contribution in [1.29, 1.82) is 0 Å². The molecule has 3 nitrogen and oxygen atoms in total. The summed E-state index contributed by atoms with van der Waals surface area (Å²) in [7, 11) is 0. The van der Waals surface area contributed by atoms with E-state index in [-0.39, 0.29) is 0 Å². The molecule has 0 amide bonds. The van der Waals surface area contributed by atoms with E-state index in [2.05, 4.69) is 18.3 Å². The molecular weight excluding hydrogens is 250 g/mol. The number of hydrogen-bond donors (Lipinski definition) is 1. The van der Waals surface area contributed by atoms with Gasteiger partial charge in [-0.05, 0) is 30.7 Å². The van der Waals surface area contributed by atoms with Crippen molar-refractivity contribution in [3.63, 3.8) is 0 Å². The first-order valence-corrected chi connectivity index (χ1v) is 6.65. The zero-order chi connectivity index (χ0) is 12.8. The van der Waals surface area contributed by atoms with E-state index in [4.69, 9.17) is 21.1 Å². The van der Waals surface area contributed by atoms with Crippen LogP contribution in [-0.4, -0.2) is 26.3 Å². The Morgan fingerprint density at radius 1 is 1.33 bits per heavy atom. The van der Waals surface area contributed by atoms with Gasteiger partial charge in [-0.3, -0.25) is 0 Å². The quantitative estimate of drug-likeness (QED) is 0.832. The largest absolute Gasteiger partial charge is 0.486 e. The van der Waals surface area contributed by atoms with Gasteiger partial charge in [-0.1, -0.05) is 30.7 Å². The lowest BCUT2D eigenvalue weighted by Crippen LogP contribution is -2.15. The lowest BCUT2D eigenvalue weighted by atomic mass is 10.2. The SMILES string of the molecule is CCCNCC=Cc1cc(Cl)c2c(c1)OCCO2.